The van der Waals surface area contributed by atoms with E-state index in [1.54, 1.807) is 0 Å². The Bertz CT molecular complexity index is 566. The molecule has 0 radical (unpaired) electrons. The molecule has 0 aromatic carbocycles. The molecule has 0 N–H and O–H groups in total. The van der Waals surface area contributed by atoms with Gasteiger partial charge in [0.15, 0.2) is 0 Å². The van der Waals surface area contributed by atoms with Gasteiger partial charge in [-0.15, -0.1) is 0 Å². The van der Waals surface area contributed by atoms with Crippen LogP contribution in [-0.2, 0) is 70.8 Å². The Kier molecular flexibility index (Phi) is 84.1. The van der Waals surface area contributed by atoms with E-state index < -0.39 is 34.4 Å². The fourth-order valence-corrected chi connectivity index (χ4v) is 8.08. The number of rotatable bonds is 48. The van der Waals surface area contributed by atoms with Crippen molar-refractivity contribution in [2.45, 2.75) is 237 Å². The molecule has 0 aliphatic carbocycles. The molecule has 65 heavy (non-hydrogen) atoms. The predicted molar refractivity (Wildman–Crippen MR) is 278 cm³/mol. The summed E-state index contributed by atoms with van der Waals surface area (Å²) in [5, 5.41) is 0. The Balaban J connectivity index is -0.000000245. The maximum Gasteiger partial charge on any atom is 0.332 e. The first-order valence-corrected chi connectivity index (χ1v) is 30.5. The van der Waals surface area contributed by atoms with Gasteiger partial charge in [0.25, 0.3) is 0 Å². The van der Waals surface area contributed by atoms with Gasteiger partial charge in [-0.1, -0.05) is 160 Å². The van der Waals surface area contributed by atoms with Crippen molar-refractivity contribution < 1.29 is 70.8 Å². The van der Waals surface area contributed by atoms with Gasteiger partial charge >= 0.3 is 34.4 Å². The van der Waals surface area contributed by atoms with Crippen molar-refractivity contribution in [1.29, 1.82) is 0 Å². The summed E-state index contributed by atoms with van der Waals surface area (Å²) in [4.78, 5) is 0. The van der Waals surface area contributed by atoms with Crippen LogP contribution in [0.15, 0.2) is 0 Å². The van der Waals surface area contributed by atoms with E-state index in [0.717, 1.165) is 233 Å². The van der Waals surface area contributed by atoms with Gasteiger partial charge in [-0.2, -0.15) is 0 Å². The van der Waals surface area contributed by atoms with E-state index >= 15 is 0 Å². The first kappa shape index (κ1) is 75.7. The van der Waals surface area contributed by atoms with Gasteiger partial charge in [-0.25, -0.2) is 0 Å². The third-order valence-corrected chi connectivity index (χ3v) is 13.1. The van der Waals surface area contributed by atoms with Crippen LogP contribution in [0.3, 0.4) is 0 Å². The molecule has 0 rings (SSSR count). The molecule has 0 aromatic rings. The van der Waals surface area contributed by atoms with Crippen molar-refractivity contribution in [3.63, 3.8) is 0 Å². The molecule has 0 saturated heterocycles. The van der Waals surface area contributed by atoms with E-state index in [0.29, 0.717) is 0 Å². The van der Waals surface area contributed by atoms with Gasteiger partial charge in [0, 0.05) is 16.5 Å². The van der Waals surface area contributed by atoms with Gasteiger partial charge in [0.2, 0.25) is 0 Å². The maximum atomic E-state index is 5.60. The summed E-state index contributed by atoms with van der Waals surface area (Å²) in [5.41, 5.74) is 0. The van der Waals surface area contributed by atoms with Crippen LogP contribution < -0.4 is 0 Å². The second-order valence-corrected chi connectivity index (χ2v) is 20.0. The minimum Gasteiger partial charge on any atom is -0.312 e. The maximum absolute atomic E-state index is 5.60. The summed E-state index contributed by atoms with van der Waals surface area (Å²) < 4.78 is 67.2. The predicted octanol–water partition coefficient (Wildman–Crippen LogP) is 18.7. The number of hydrogen-bond acceptors (Lipinski definition) is 12. The second-order valence-electron chi connectivity index (χ2n) is 15.1. The molecule has 12 nitrogen and oxygen atoms in total. The van der Waals surface area contributed by atoms with Gasteiger partial charge in [-0.05, 0) is 77.0 Å². The van der Waals surface area contributed by atoms with Gasteiger partial charge in [0.1, 0.15) is 0 Å². The Hall–Kier alpha value is 1.73. The summed E-state index contributed by atoms with van der Waals surface area (Å²) >= 11 is 0. The van der Waals surface area contributed by atoms with Crippen LogP contribution in [0.1, 0.15) is 237 Å². The van der Waals surface area contributed by atoms with E-state index in [1.807, 2.05) is 0 Å². The smallest absolute Gasteiger partial charge is 0.312 e. The molecule has 0 bridgehead atoms. The summed E-state index contributed by atoms with van der Waals surface area (Å²) in [7, 11) is -4.38. The Morgan fingerprint density at radius 2 is 0.246 bits per heavy atom. The Labute approximate surface area is 419 Å². The molecule has 0 saturated carbocycles. The van der Waals surface area contributed by atoms with Crippen molar-refractivity contribution >= 4 is 34.4 Å². The summed E-state index contributed by atoms with van der Waals surface area (Å²) in [6.07, 6.45) is 26.7. The fraction of sp³-hybridized carbons (Fsp3) is 1.00. The zero-order chi connectivity index (χ0) is 48.3. The molecule has 402 valence electrons. The first-order valence-electron chi connectivity index (χ1n) is 26.1. The monoisotopic (exact) mass is 1060 g/mol. The van der Waals surface area contributed by atoms with E-state index in [-0.39, 0.29) is 16.5 Å². The van der Waals surface area contributed by atoms with E-state index in [2.05, 4.69) is 83.1 Å². The van der Waals surface area contributed by atoms with Crippen molar-refractivity contribution in [3.05, 3.63) is 0 Å². The van der Waals surface area contributed by atoms with Crippen LogP contribution in [0.25, 0.3) is 0 Å². The van der Waals surface area contributed by atoms with E-state index in [1.165, 1.54) is 0 Å². The third-order valence-electron chi connectivity index (χ3n) is 8.34. The normalized spacial score (nSPS) is 11.1. The van der Waals surface area contributed by atoms with Gasteiger partial charge in [0.05, 0.1) is 79.3 Å². The molecular formula is C48H108NiO12P4. The van der Waals surface area contributed by atoms with Crippen LogP contribution in [0.4, 0.5) is 0 Å². The average Bonchev–Trinajstić information content (AvgIpc) is 3.30. The van der Waals surface area contributed by atoms with Crippen molar-refractivity contribution in [1.82, 2.24) is 0 Å². The topological polar surface area (TPSA) is 111 Å². The number of hydrogen-bond donors (Lipinski definition) is 0. The van der Waals surface area contributed by atoms with Crippen LogP contribution in [0.2, 0.25) is 0 Å². The summed E-state index contributed by atoms with van der Waals surface area (Å²) in [5.74, 6) is 0. The molecule has 0 aliphatic heterocycles. The Morgan fingerprint density at radius 1 is 0.169 bits per heavy atom. The standard InChI is InChI=1S/4C12H27O3P.Ni/c4*1-4-7-10-13-16(14-11-8-5-2)15-12-9-6-3;/h4*4-12H2,1-3H3;. The quantitative estimate of drug-likeness (QED) is 0.0329. The first-order chi connectivity index (χ1) is 31.4. The minimum atomic E-state index is -1.10. The second kappa shape index (κ2) is 72.3. The molecule has 0 unspecified atom stereocenters. The molecule has 0 atom stereocenters. The van der Waals surface area contributed by atoms with E-state index in [4.69, 9.17) is 54.3 Å². The molecule has 0 aliphatic rings. The van der Waals surface area contributed by atoms with Crippen LogP contribution in [-0.4, -0.2) is 79.3 Å². The van der Waals surface area contributed by atoms with Crippen molar-refractivity contribution in [3.8, 4) is 0 Å². The SMILES string of the molecule is CCCCOP(OCCCC)OCCCC.CCCCOP(OCCCC)OCCCC.CCCCOP(OCCCC)OCCCC.CCCCOP(OCCCC)OCCCC.[Ni]. The molecule has 0 fully saturated rings. The van der Waals surface area contributed by atoms with Crippen LogP contribution in [0, 0.1) is 0 Å². The zero-order valence-corrected chi connectivity index (χ0v) is 49.0. The Morgan fingerprint density at radius 3 is 0.308 bits per heavy atom. The molecular weight excluding hydrogens is 951 g/mol. The van der Waals surface area contributed by atoms with E-state index in [9.17, 15) is 0 Å². The average molecular weight is 1060 g/mol. The third kappa shape index (κ3) is 70.1. The zero-order valence-electron chi connectivity index (χ0n) is 44.5. The molecule has 0 spiro atoms. The molecule has 0 heterocycles. The molecule has 0 amide bonds. The number of unbranched alkanes of at least 4 members (excludes halogenated alkanes) is 12. The van der Waals surface area contributed by atoms with Gasteiger partial charge < -0.3 is 54.3 Å². The van der Waals surface area contributed by atoms with Crippen LogP contribution in [0.5, 0.6) is 0 Å². The van der Waals surface area contributed by atoms with Gasteiger partial charge in [-0.3, -0.25) is 0 Å². The summed E-state index contributed by atoms with van der Waals surface area (Å²) in [6.45, 7) is 34.9. The molecule has 0 aromatic heterocycles. The van der Waals surface area contributed by atoms with Crippen molar-refractivity contribution in [2.24, 2.45) is 0 Å². The fourth-order valence-electron chi connectivity index (χ4n) is 3.85. The van der Waals surface area contributed by atoms with Crippen LogP contribution >= 0.6 is 34.4 Å². The largest absolute Gasteiger partial charge is 0.332 e. The summed E-state index contributed by atoms with van der Waals surface area (Å²) in [6, 6.07) is 0. The minimum absolute atomic E-state index is 0. The molecule has 17 heteroatoms. The van der Waals surface area contributed by atoms with Crippen molar-refractivity contribution in [2.75, 3.05) is 79.3 Å².